The molecule has 0 radical (unpaired) electrons. The van der Waals surface area contributed by atoms with E-state index in [4.69, 9.17) is 31.5 Å². The highest BCUT2D eigenvalue weighted by Gasteiger charge is 2.17. The van der Waals surface area contributed by atoms with Gasteiger partial charge in [0.2, 0.25) is 11.9 Å². The number of benzene rings is 2. The van der Waals surface area contributed by atoms with E-state index in [1.165, 1.54) is 23.9 Å². The molecule has 1 aliphatic rings. The molecule has 5 rings (SSSR count). The Hall–Kier alpha value is -3.83. The van der Waals surface area contributed by atoms with Gasteiger partial charge >= 0.3 is 0 Å². The number of hydrogen-bond acceptors (Lipinski definition) is 10. The summed E-state index contributed by atoms with van der Waals surface area (Å²) >= 11 is 6.45. The Labute approximate surface area is 213 Å². The first-order valence-electron chi connectivity index (χ1n) is 11.6. The third-order valence-electron chi connectivity index (χ3n) is 6.00. The molecule has 0 amide bonds. The van der Waals surface area contributed by atoms with Crippen molar-refractivity contribution in [3.8, 4) is 23.1 Å². The van der Waals surface area contributed by atoms with Gasteiger partial charge in [0, 0.05) is 23.7 Å². The number of nitrogens with zero attached hydrogens (tertiary/aromatic N) is 6. The quantitative estimate of drug-likeness (QED) is 0.344. The summed E-state index contributed by atoms with van der Waals surface area (Å²) in [6, 6.07) is 8.99. The van der Waals surface area contributed by atoms with E-state index >= 15 is 0 Å². The fraction of sp³-hybridized carbons (Fsp3) is 0.333. The normalized spacial score (nSPS) is 13.8. The molecule has 3 N–H and O–H groups in total. The van der Waals surface area contributed by atoms with E-state index in [9.17, 15) is 0 Å². The van der Waals surface area contributed by atoms with E-state index in [0.29, 0.717) is 57.2 Å². The third-order valence-corrected chi connectivity index (χ3v) is 6.30. The van der Waals surface area contributed by atoms with Crippen LogP contribution >= 0.6 is 11.6 Å². The van der Waals surface area contributed by atoms with Crippen molar-refractivity contribution in [3.63, 3.8) is 0 Å². The number of nitrogens with two attached hydrogens (primary N) is 1. The van der Waals surface area contributed by atoms with Gasteiger partial charge in [-0.3, -0.25) is 4.90 Å². The summed E-state index contributed by atoms with van der Waals surface area (Å²) in [7, 11) is 3.13. The summed E-state index contributed by atoms with van der Waals surface area (Å²) in [5.41, 5.74) is 7.53. The molecule has 0 saturated carbocycles. The SMILES string of the molecule is COc1cc2ncnc(-n3nc(Nc4ccc(OCCN5CCCC5)c(Cl)c4)nc3N)c2cc1OC. The maximum absolute atomic E-state index is 6.45. The van der Waals surface area contributed by atoms with Crippen LogP contribution in [0.2, 0.25) is 5.02 Å². The molecule has 2 aromatic carbocycles. The lowest BCUT2D eigenvalue weighted by Gasteiger charge is -2.15. The Balaban J connectivity index is 1.34. The maximum atomic E-state index is 6.45. The van der Waals surface area contributed by atoms with Crippen LogP contribution in [-0.4, -0.2) is 70.1 Å². The van der Waals surface area contributed by atoms with Crippen molar-refractivity contribution in [2.45, 2.75) is 12.8 Å². The molecular formula is C24H27ClN8O3. The first-order chi connectivity index (χ1) is 17.6. The molecule has 3 heterocycles. The second kappa shape index (κ2) is 10.4. The average Bonchev–Trinajstić information content (AvgIpc) is 3.53. The van der Waals surface area contributed by atoms with Gasteiger partial charge in [-0.05, 0) is 50.2 Å². The van der Waals surface area contributed by atoms with Crippen molar-refractivity contribution >= 4 is 40.1 Å². The number of methoxy groups -OCH3 is 2. The molecule has 188 valence electrons. The molecule has 11 nitrogen and oxygen atoms in total. The molecule has 2 aromatic heterocycles. The van der Waals surface area contributed by atoms with Crippen LogP contribution in [0.25, 0.3) is 16.7 Å². The van der Waals surface area contributed by atoms with Gasteiger partial charge in [-0.15, -0.1) is 5.10 Å². The number of aromatic nitrogens is 5. The number of ether oxygens (including phenoxy) is 3. The van der Waals surface area contributed by atoms with Crippen molar-refractivity contribution in [2.75, 3.05) is 51.5 Å². The number of fused-ring (bicyclic) bond motifs is 1. The summed E-state index contributed by atoms with van der Waals surface area (Å²) in [4.78, 5) is 15.4. The van der Waals surface area contributed by atoms with E-state index in [2.05, 4.69) is 30.3 Å². The molecule has 0 atom stereocenters. The van der Waals surface area contributed by atoms with Gasteiger partial charge in [-0.2, -0.15) is 9.67 Å². The number of nitrogen functional groups attached to an aromatic ring is 1. The van der Waals surface area contributed by atoms with Gasteiger partial charge in [0.15, 0.2) is 17.3 Å². The molecule has 36 heavy (non-hydrogen) atoms. The Morgan fingerprint density at radius 2 is 1.81 bits per heavy atom. The summed E-state index contributed by atoms with van der Waals surface area (Å²) in [6.45, 7) is 3.76. The minimum atomic E-state index is 0.153. The maximum Gasteiger partial charge on any atom is 0.248 e. The van der Waals surface area contributed by atoms with E-state index in [0.717, 1.165) is 19.6 Å². The number of anilines is 3. The zero-order valence-corrected chi connectivity index (χ0v) is 20.8. The van der Waals surface area contributed by atoms with Crippen LogP contribution in [0, 0.1) is 0 Å². The number of rotatable bonds is 9. The van der Waals surface area contributed by atoms with Gasteiger partial charge in [0.05, 0.1) is 24.8 Å². The van der Waals surface area contributed by atoms with E-state index in [1.807, 2.05) is 12.1 Å². The zero-order valence-electron chi connectivity index (χ0n) is 20.1. The highest BCUT2D eigenvalue weighted by atomic mass is 35.5. The molecule has 1 fully saturated rings. The largest absolute Gasteiger partial charge is 0.493 e. The molecule has 0 unspecified atom stereocenters. The first kappa shape index (κ1) is 23.9. The Morgan fingerprint density at radius 1 is 1.03 bits per heavy atom. The van der Waals surface area contributed by atoms with E-state index in [-0.39, 0.29) is 5.95 Å². The molecular weight excluding hydrogens is 484 g/mol. The van der Waals surface area contributed by atoms with Crippen LogP contribution in [-0.2, 0) is 0 Å². The van der Waals surface area contributed by atoms with Gasteiger partial charge in [0.1, 0.15) is 18.7 Å². The molecule has 1 aliphatic heterocycles. The Kier molecular flexibility index (Phi) is 6.92. The number of halogens is 1. The Morgan fingerprint density at radius 3 is 2.56 bits per heavy atom. The standard InChI is InChI=1S/C24H27ClN8O3/c1-34-20-12-16-18(13-21(20)35-2)27-14-28-22(16)33-23(26)30-24(31-33)29-15-5-6-19(17(25)11-15)36-10-9-32-7-3-4-8-32/h5-6,11-14H,3-4,7-10H2,1-2H3,(H3,26,29,30,31). The fourth-order valence-corrected chi connectivity index (χ4v) is 4.42. The van der Waals surface area contributed by atoms with Crippen molar-refractivity contribution in [2.24, 2.45) is 0 Å². The predicted molar refractivity (Wildman–Crippen MR) is 138 cm³/mol. The van der Waals surface area contributed by atoms with E-state index < -0.39 is 0 Å². The van der Waals surface area contributed by atoms with Crippen LogP contribution in [0.1, 0.15) is 12.8 Å². The Bertz CT molecular complexity index is 1370. The van der Waals surface area contributed by atoms with Crippen molar-refractivity contribution in [3.05, 3.63) is 41.7 Å². The van der Waals surface area contributed by atoms with Crippen LogP contribution in [0.5, 0.6) is 17.2 Å². The minimum Gasteiger partial charge on any atom is -0.493 e. The minimum absolute atomic E-state index is 0.153. The van der Waals surface area contributed by atoms with Crippen molar-refractivity contribution in [1.29, 1.82) is 0 Å². The monoisotopic (exact) mass is 510 g/mol. The highest BCUT2D eigenvalue weighted by Crippen LogP contribution is 2.34. The van der Waals surface area contributed by atoms with Crippen molar-refractivity contribution < 1.29 is 14.2 Å². The van der Waals surface area contributed by atoms with Crippen molar-refractivity contribution in [1.82, 2.24) is 29.6 Å². The van der Waals surface area contributed by atoms with Gasteiger partial charge in [0.25, 0.3) is 0 Å². The second-order valence-corrected chi connectivity index (χ2v) is 8.70. The van der Waals surface area contributed by atoms with Gasteiger partial charge in [-0.25, -0.2) is 9.97 Å². The smallest absolute Gasteiger partial charge is 0.248 e. The van der Waals surface area contributed by atoms with Gasteiger partial charge < -0.3 is 25.3 Å². The molecule has 4 aromatic rings. The predicted octanol–water partition coefficient (Wildman–Crippen LogP) is 3.68. The van der Waals surface area contributed by atoms with Crippen LogP contribution in [0.3, 0.4) is 0 Å². The summed E-state index contributed by atoms with van der Waals surface area (Å²) in [6.07, 6.45) is 3.94. The second-order valence-electron chi connectivity index (χ2n) is 8.29. The molecule has 0 bridgehead atoms. The number of nitrogens with one attached hydrogen (secondary N) is 1. The number of likely N-dealkylation sites (tertiary alicyclic amines) is 1. The summed E-state index contributed by atoms with van der Waals surface area (Å²) in [5, 5.41) is 8.80. The summed E-state index contributed by atoms with van der Waals surface area (Å²) in [5.74, 6) is 2.63. The lowest BCUT2D eigenvalue weighted by Crippen LogP contribution is -2.25. The molecule has 12 heteroatoms. The summed E-state index contributed by atoms with van der Waals surface area (Å²) < 4.78 is 18.1. The molecule has 1 saturated heterocycles. The molecule has 0 aliphatic carbocycles. The topological polar surface area (TPSA) is 125 Å². The third kappa shape index (κ3) is 4.93. The highest BCUT2D eigenvalue weighted by molar-refractivity contribution is 6.32. The van der Waals surface area contributed by atoms with Crippen LogP contribution in [0.4, 0.5) is 17.6 Å². The van der Waals surface area contributed by atoms with Crippen LogP contribution < -0.4 is 25.3 Å². The average molecular weight is 511 g/mol. The fourth-order valence-electron chi connectivity index (χ4n) is 4.19. The van der Waals surface area contributed by atoms with E-state index in [1.54, 1.807) is 32.4 Å². The lowest BCUT2D eigenvalue weighted by molar-refractivity contribution is 0.238. The first-order valence-corrected chi connectivity index (χ1v) is 11.9. The van der Waals surface area contributed by atoms with Gasteiger partial charge in [-0.1, -0.05) is 11.6 Å². The lowest BCUT2D eigenvalue weighted by atomic mass is 10.2. The van der Waals surface area contributed by atoms with Crippen LogP contribution in [0.15, 0.2) is 36.7 Å². The molecule has 0 spiro atoms. The zero-order chi connectivity index (χ0) is 25.1. The number of hydrogen-bond donors (Lipinski definition) is 2.